The van der Waals surface area contributed by atoms with Crippen LogP contribution in [0.1, 0.15) is 101 Å². The van der Waals surface area contributed by atoms with Crippen molar-refractivity contribution in [3.05, 3.63) is 12.2 Å². The van der Waals surface area contributed by atoms with E-state index in [0.29, 0.717) is 30.5 Å². The van der Waals surface area contributed by atoms with Crippen LogP contribution in [0.4, 0.5) is 4.39 Å². The summed E-state index contributed by atoms with van der Waals surface area (Å²) in [6.45, 7) is 19.8. The molecule has 0 aromatic carbocycles. The number of rotatable bonds is 5. The first-order valence-corrected chi connectivity index (χ1v) is 18.2. The van der Waals surface area contributed by atoms with Crippen molar-refractivity contribution >= 4 is 29.3 Å². The van der Waals surface area contributed by atoms with Gasteiger partial charge < -0.3 is 33.7 Å². The molecule has 2 bridgehead atoms. The van der Waals surface area contributed by atoms with Gasteiger partial charge in [0, 0.05) is 31.4 Å². The van der Waals surface area contributed by atoms with E-state index in [-0.39, 0.29) is 31.6 Å². The summed E-state index contributed by atoms with van der Waals surface area (Å²) in [6.07, 6.45) is -3.50. The Bertz CT molecular complexity index is 1350. The van der Waals surface area contributed by atoms with Crippen molar-refractivity contribution in [3.8, 4) is 0 Å². The van der Waals surface area contributed by atoms with E-state index in [2.05, 4.69) is 11.6 Å². The number of aliphatic hydroxyl groups is 1. The number of alkyl halides is 1. The first kappa shape index (κ1) is 42.8. The van der Waals surface area contributed by atoms with Gasteiger partial charge in [-0.3, -0.25) is 14.4 Å². The topological polar surface area (TPSA) is 150 Å². The molecule has 13 heteroatoms. The van der Waals surface area contributed by atoms with E-state index >= 15 is 4.39 Å². The fourth-order valence-corrected chi connectivity index (χ4v) is 8.42. The van der Waals surface area contributed by atoms with Gasteiger partial charge in [-0.05, 0) is 85.7 Å². The predicted molar refractivity (Wildman–Crippen MR) is 189 cm³/mol. The predicted octanol–water partition coefficient (Wildman–Crippen LogP) is 4.78. The molecule has 1 unspecified atom stereocenters. The third-order valence-electron chi connectivity index (χ3n) is 11.2. The highest BCUT2D eigenvalue weighted by Gasteiger charge is 2.56. The van der Waals surface area contributed by atoms with Gasteiger partial charge in [0.2, 0.25) is 5.91 Å². The number of hydrogen-bond acceptors (Lipinski definition) is 11. The Morgan fingerprint density at radius 1 is 1.10 bits per heavy atom. The normalized spacial score (nSPS) is 42.8. The highest BCUT2D eigenvalue weighted by molar-refractivity contribution is 6.08. The summed E-state index contributed by atoms with van der Waals surface area (Å²) in [4.78, 5) is 59.4. The summed E-state index contributed by atoms with van der Waals surface area (Å²) in [7, 11) is 3.69. The van der Waals surface area contributed by atoms with Crippen LogP contribution in [0.3, 0.4) is 0 Å². The second-order valence-electron chi connectivity index (χ2n) is 15.8. The Morgan fingerprint density at radius 3 is 2.27 bits per heavy atom. The van der Waals surface area contributed by atoms with E-state index in [1.165, 1.54) is 27.7 Å². The lowest BCUT2D eigenvalue weighted by atomic mass is 9.68. The monoisotopic (exact) mass is 724 g/mol. The second kappa shape index (κ2) is 16.6. The van der Waals surface area contributed by atoms with Crippen LogP contribution in [0.25, 0.3) is 0 Å². The number of cyclic esters (lactones) is 1. The lowest BCUT2D eigenvalue weighted by molar-refractivity contribution is -0.299. The van der Waals surface area contributed by atoms with Crippen LogP contribution >= 0.6 is 0 Å². The number of likely N-dealkylation sites (N-methyl/N-ethyl adjacent to an activating group) is 1. The van der Waals surface area contributed by atoms with Crippen molar-refractivity contribution in [1.82, 2.24) is 4.90 Å². The highest BCUT2D eigenvalue weighted by atomic mass is 19.1. The van der Waals surface area contributed by atoms with E-state index < -0.39 is 88.8 Å². The van der Waals surface area contributed by atoms with Gasteiger partial charge in [-0.2, -0.15) is 0 Å². The van der Waals surface area contributed by atoms with Gasteiger partial charge in [-0.1, -0.05) is 39.8 Å². The number of fused-ring (bicyclic) bond motifs is 5. The Hall–Kier alpha value is -2.58. The number of ether oxygens (including phenoxy) is 5. The molecule has 0 radical (unpaired) electrons. The van der Waals surface area contributed by atoms with Crippen LogP contribution in [0.15, 0.2) is 17.1 Å². The first-order valence-electron chi connectivity index (χ1n) is 18.2. The van der Waals surface area contributed by atoms with Gasteiger partial charge in [0.1, 0.15) is 11.7 Å². The van der Waals surface area contributed by atoms with Gasteiger partial charge in [0.15, 0.2) is 18.2 Å². The number of amides is 1. The molecule has 290 valence electrons. The lowest BCUT2D eigenvalue weighted by Gasteiger charge is -2.48. The van der Waals surface area contributed by atoms with Gasteiger partial charge in [0.05, 0.1) is 30.5 Å². The molecule has 0 aromatic rings. The fraction of sp³-hybridized carbons (Fsp3) is 0.816. The number of hydrogen-bond donors (Lipinski definition) is 1. The molecule has 3 heterocycles. The lowest BCUT2D eigenvalue weighted by Crippen LogP contribution is -2.61. The van der Waals surface area contributed by atoms with Gasteiger partial charge in [-0.25, -0.2) is 14.2 Å². The molecule has 0 spiro atoms. The van der Waals surface area contributed by atoms with E-state index in [0.717, 1.165) is 6.92 Å². The molecular weight excluding hydrogens is 663 g/mol. The Morgan fingerprint density at radius 2 is 1.73 bits per heavy atom. The zero-order valence-corrected chi connectivity index (χ0v) is 32.6. The van der Waals surface area contributed by atoms with Crippen molar-refractivity contribution in [2.24, 2.45) is 28.7 Å². The van der Waals surface area contributed by atoms with Crippen LogP contribution in [0, 0.1) is 23.7 Å². The van der Waals surface area contributed by atoms with Crippen LogP contribution < -0.4 is 0 Å². The minimum absolute atomic E-state index is 0.0293. The summed E-state index contributed by atoms with van der Waals surface area (Å²) in [5.74, 6) is -6.55. The quantitative estimate of drug-likeness (QED) is 0.237. The number of nitrogens with zero attached hydrogens (tertiary/aromatic N) is 2. The molecule has 1 amide bonds. The van der Waals surface area contributed by atoms with E-state index in [4.69, 9.17) is 23.7 Å². The van der Waals surface area contributed by atoms with Gasteiger partial charge in [0.25, 0.3) is 5.67 Å². The maximum Gasteiger partial charge on any atom is 0.351 e. The number of esters is 2. The molecule has 13 atom stereocenters. The number of carbonyl (C=O) groups is 4. The summed E-state index contributed by atoms with van der Waals surface area (Å²) in [6, 6.07) is -0.334. The van der Waals surface area contributed by atoms with E-state index in [9.17, 15) is 24.3 Å². The Labute approximate surface area is 302 Å². The molecule has 0 saturated carbocycles. The van der Waals surface area contributed by atoms with Crippen molar-refractivity contribution in [1.29, 1.82) is 0 Å². The molecule has 1 N–H and O–H groups in total. The van der Waals surface area contributed by atoms with Crippen LogP contribution in [0.2, 0.25) is 0 Å². The zero-order valence-electron chi connectivity index (χ0n) is 32.6. The zero-order chi connectivity index (χ0) is 38.8. The van der Waals surface area contributed by atoms with E-state index in [1.807, 2.05) is 39.8 Å². The van der Waals surface area contributed by atoms with Gasteiger partial charge >= 0.3 is 11.9 Å². The summed E-state index contributed by atoms with van der Waals surface area (Å²) >= 11 is 0. The standard InChI is InChI=1S/C38H61FN2O10/c1-14-29-38(11,46)27-16-15-20(2)19-47-36(9,18-21(3)30(23(27)5)40-25(7)42)33(24(6)32(44)37(10,39)35(45)50-29)51-34-31(49-26(8)43)28(41(12)13)17-22(4)48-34/h21-24,27-29,31,33-34,46H,2,14-19H2,1,3-13H3/t21-,22-,23-,24+,27-,28?,29-,31-,33-,34+,36-,37+,38+/m1/s1. The summed E-state index contributed by atoms with van der Waals surface area (Å²) in [5, 5.41) is 12.2. The Balaban J connectivity index is 2.36. The smallest absolute Gasteiger partial charge is 0.351 e. The van der Waals surface area contributed by atoms with Gasteiger partial charge in [-0.15, -0.1) is 0 Å². The summed E-state index contributed by atoms with van der Waals surface area (Å²) in [5.41, 5.74) is -5.10. The highest BCUT2D eigenvalue weighted by Crippen LogP contribution is 2.43. The summed E-state index contributed by atoms with van der Waals surface area (Å²) < 4.78 is 48.0. The number of ketones is 1. The molecule has 3 fully saturated rings. The van der Waals surface area contributed by atoms with Crippen molar-refractivity contribution in [2.75, 3.05) is 20.7 Å². The first-order chi connectivity index (χ1) is 23.5. The van der Waals surface area contributed by atoms with Crippen LogP contribution in [-0.2, 0) is 42.9 Å². The van der Waals surface area contributed by atoms with Crippen LogP contribution in [-0.4, -0.2) is 114 Å². The molecular formula is C38H61FN2O10. The number of halogens is 1. The maximum atomic E-state index is 16.7. The maximum absolute atomic E-state index is 16.7. The number of aliphatic imine (C=N–C) groups is 1. The molecule has 0 aliphatic carbocycles. The number of Topliss-reactive ketones (excluding diaryl/α,β-unsaturated/α-hetero) is 1. The molecule has 3 saturated heterocycles. The third kappa shape index (κ3) is 9.51. The SMILES string of the molecule is C=C1CC[C@@H]2[C@@H](C)C(=NC(C)=O)[C@H](C)C[C@@](C)(OC1)[C@H](O[C@@H]1O[C@H](C)CC(N(C)C)[C@H]1OC(C)=O)[C@@H](C)C(=O)[C@](C)(F)C(=O)O[C@H](CC)[C@@]2(C)O. The molecule has 3 aliphatic rings. The minimum Gasteiger partial charge on any atom is -0.457 e. The second-order valence-corrected chi connectivity index (χ2v) is 15.8. The van der Waals surface area contributed by atoms with Crippen molar-refractivity contribution < 1.29 is 52.4 Å². The Kier molecular flexibility index (Phi) is 14.0. The molecule has 0 aromatic heterocycles. The fourth-order valence-electron chi connectivity index (χ4n) is 8.42. The largest absolute Gasteiger partial charge is 0.457 e. The van der Waals surface area contributed by atoms with Crippen LogP contribution in [0.5, 0.6) is 0 Å². The average Bonchev–Trinajstić information content (AvgIpc) is 3.03. The molecule has 12 nitrogen and oxygen atoms in total. The third-order valence-corrected chi connectivity index (χ3v) is 11.2. The van der Waals surface area contributed by atoms with E-state index in [1.54, 1.807) is 13.8 Å². The van der Waals surface area contributed by atoms with Crippen molar-refractivity contribution in [2.45, 2.75) is 155 Å². The molecule has 3 rings (SSSR count). The van der Waals surface area contributed by atoms with Crippen molar-refractivity contribution in [3.63, 3.8) is 0 Å². The molecule has 3 aliphatic heterocycles. The molecule has 51 heavy (non-hydrogen) atoms. The minimum atomic E-state index is -3.14. The number of carbonyl (C=O) groups excluding carboxylic acids is 4. The average molecular weight is 725 g/mol.